The van der Waals surface area contributed by atoms with Crippen LogP contribution < -0.4 is 0 Å². The average molecular weight is 179 g/mol. The highest BCUT2D eigenvalue weighted by Crippen LogP contribution is 2.08. The summed E-state index contributed by atoms with van der Waals surface area (Å²) >= 11 is 0. The maximum Gasteiger partial charge on any atom is 0.216 e. The lowest BCUT2D eigenvalue weighted by Gasteiger charge is -2.18. The van der Waals surface area contributed by atoms with Crippen LogP contribution in [-0.2, 0) is 10.0 Å². The van der Waals surface area contributed by atoms with Crippen LogP contribution in [0.15, 0.2) is 0 Å². The molecule has 0 aliphatic heterocycles. The number of hydrogen-bond acceptors (Lipinski definition) is 2. The molecule has 0 aliphatic carbocycles. The second-order valence-electron chi connectivity index (χ2n) is 2.68. The van der Waals surface area contributed by atoms with Crippen LogP contribution in [0.4, 0.5) is 0 Å². The fraction of sp³-hybridized carbons (Fsp3) is 1.00. The lowest BCUT2D eigenvalue weighted by atomic mass is 10.4. The lowest BCUT2D eigenvalue weighted by Crippen LogP contribution is -2.33. The molecule has 0 saturated carbocycles. The number of hydrogen-bond donors (Lipinski definition) is 0. The molecule has 1 unspecified atom stereocenters. The van der Waals surface area contributed by atoms with Gasteiger partial charge >= 0.3 is 0 Å². The molecule has 0 aromatic heterocycles. The van der Waals surface area contributed by atoms with Gasteiger partial charge in [-0.2, -0.15) is 0 Å². The minimum absolute atomic E-state index is 0.257. The molecule has 0 aromatic rings. The molecule has 0 aromatic carbocycles. The van der Waals surface area contributed by atoms with E-state index in [1.807, 2.05) is 13.8 Å². The van der Waals surface area contributed by atoms with Gasteiger partial charge in [0.2, 0.25) is 10.0 Å². The molecule has 0 radical (unpaired) electrons. The van der Waals surface area contributed by atoms with Crippen molar-refractivity contribution in [2.45, 2.75) is 32.4 Å². The number of sulfonamides is 1. The van der Waals surface area contributed by atoms with Crippen LogP contribution in [0.25, 0.3) is 0 Å². The summed E-state index contributed by atoms with van der Waals surface area (Å²) in [7, 11) is -1.39. The van der Waals surface area contributed by atoms with Crippen molar-refractivity contribution in [2.75, 3.05) is 13.6 Å². The zero-order chi connectivity index (χ0) is 9.07. The summed E-state index contributed by atoms with van der Waals surface area (Å²) in [5.41, 5.74) is 0. The van der Waals surface area contributed by atoms with E-state index in [4.69, 9.17) is 0 Å². The summed E-state index contributed by atoms with van der Waals surface area (Å²) in [6, 6.07) is 0. The standard InChI is InChI=1S/C7H17NO2S/c1-5-7(3)11(9,10)8(4)6-2/h7H,5-6H2,1-4H3. The summed E-state index contributed by atoms with van der Waals surface area (Å²) in [6.45, 7) is 6.00. The van der Waals surface area contributed by atoms with Crippen molar-refractivity contribution < 1.29 is 8.42 Å². The number of rotatable bonds is 4. The SMILES string of the molecule is CCC(C)S(=O)(=O)N(C)CC. The second kappa shape index (κ2) is 4.07. The highest BCUT2D eigenvalue weighted by Gasteiger charge is 2.22. The van der Waals surface area contributed by atoms with Crippen molar-refractivity contribution in [3.8, 4) is 0 Å². The first-order valence-electron chi connectivity index (χ1n) is 3.91. The first-order valence-corrected chi connectivity index (χ1v) is 5.42. The van der Waals surface area contributed by atoms with Crippen molar-refractivity contribution in [1.82, 2.24) is 4.31 Å². The van der Waals surface area contributed by atoms with E-state index < -0.39 is 10.0 Å². The Labute approximate surface area is 69.4 Å². The molecule has 68 valence electrons. The highest BCUT2D eigenvalue weighted by atomic mass is 32.2. The van der Waals surface area contributed by atoms with Crippen molar-refractivity contribution in [2.24, 2.45) is 0 Å². The molecular weight excluding hydrogens is 162 g/mol. The van der Waals surface area contributed by atoms with E-state index in [9.17, 15) is 8.42 Å². The van der Waals surface area contributed by atoms with Crippen LogP contribution in [0.3, 0.4) is 0 Å². The quantitative estimate of drug-likeness (QED) is 0.647. The number of nitrogens with zero attached hydrogens (tertiary/aromatic N) is 1. The van der Waals surface area contributed by atoms with Gasteiger partial charge in [-0.3, -0.25) is 0 Å². The Bertz CT molecular complexity index is 182. The van der Waals surface area contributed by atoms with Gasteiger partial charge in [0, 0.05) is 13.6 Å². The summed E-state index contributed by atoms with van der Waals surface area (Å²) in [6.07, 6.45) is 0.673. The van der Waals surface area contributed by atoms with Gasteiger partial charge in [0.25, 0.3) is 0 Å². The maximum absolute atomic E-state index is 11.4. The van der Waals surface area contributed by atoms with E-state index in [1.165, 1.54) is 4.31 Å². The molecule has 0 N–H and O–H groups in total. The van der Waals surface area contributed by atoms with Gasteiger partial charge in [0.15, 0.2) is 0 Å². The van der Waals surface area contributed by atoms with E-state index in [0.29, 0.717) is 13.0 Å². The molecule has 0 aliphatic rings. The molecular formula is C7H17NO2S. The Morgan fingerprint density at radius 3 is 2.09 bits per heavy atom. The highest BCUT2D eigenvalue weighted by molar-refractivity contribution is 7.89. The average Bonchev–Trinajstić information content (AvgIpc) is 2.01. The van der Waals surface area contributed by atoms with E-state index in [1.54, 1.807) is 14.0 Å². The molecule has 0 amide bonds. The van der Waals surface area contributed by atoms with Gasteiger partial charge in [-0.1, -0.05) is 13.8 Å². The van der Waals surface area contributed by atoms with Crippen LogP contribution >= 0.6 is 0 Å². The van der Waals surface area contributed by atoms with E-state index in [-0.39, 0.29) is 5.25 Å². The molecule has 0 rings (SSSR count). The van der Waals surface area contributed by atoms with Crippen molar-refractivity contribution >= 4 is 10.0 Å². The Kier molecular flexibility index (Phi) is 4.03. The summed E-state index contributed by atoms with van der Waals surface area (Å²) < 4.78 is 24.2. The molecule has 0 bridgehead atoms. The Morgan fingerprint density at radius 1 is 1.36 bits per heavy atom. The Hall–Kier alpha value is -0.0900. The first kappa shape index (κ1) is 10.9. The third-order valence-corrected chi connectivity index (χ3v) is 4.44. The summed E-state index contributed by atoms with van der Waals surface area (Å²) in [5.74, 6) is 0. The molecule has 0 heterocycles. The molecule has 3 nitrogen and oxygen atoms in total. The van der Waals surface area contributed by atoms with Gasteiger partial charge in [-0.25, -0.2) is 12.7 Å². The third kappa shape index (κ3) is 2.45. The predicted molar refractivity (Wildman–Crippen MR) is 47.0 cm³/mol. The van der Waals surface area contributed by atoms with Crippen LogP contribution in [0.2, 0.25) is 0 Å². The molecule has 0 spiro atoms. The summed E-state index contributed by atoms with van der Waals surface area (Å²) in [5, 5.41) is -0.257. The fourth-order valence-corrected chi connectivity index (χ4v) is 2.09. The van der Waals surface area contributed by atoms with E-state index >= 15 is 0 Å². The minimum atomic E-state index is -3.01. The smallest absolute Gasteiger partial charge is 0.212 e. The largest absolute Gasteiger partial charge is 0.216 e. The van der Waals surface area contributed by atoms with Gasteiger partial charge in [-0.15, -0.1) is 0 Å². The second-order valence-corrected chi connectivity index (χ2v) is 5.14. The van der Waals surface area contributed by atoms with Gasteiger partial charge < -0.3 is 0 Å². The normalized spacial score (nSPS) is 15.4. The van der Waals surface area contributed by atoms with Crippen molar-refractivity contribution in [3.63, 3.8) is 0 Å². The van der Waals surface area contributed by atoms with E-state index in [2.05, 4.69) is 0 Å². The lowest BCUT2D eigenvalue weighted by molar-refractivity contribution is 0.474. The molecule has 1 atom stereocenters. The fourth-order valence-electron chi connectivity index (χ4n) is 0.698. The maximum atomic E-state index is 11.4. The van der Waals surface area contributed by atoms with Crippen molar-refractivity contribution in [3.05, 3.63) is 0 Å². The van der Waals surface area contributed by atoms with Gasteiger partial charge in [0.05, 0.1) is 5.25 Å². The molecule has 4 heteroatoms. The zero-order valence-corrected chi connectivity index (χ0v) is 8.48. The summed E-state index contributed by atoms with van der Waals surface area (Å²) in [4.78, 5) is 0. The topological polar surface area (TPSA) is 37.4 Å². The molecule has 11 heavy (non-hydrogen) atoms. The predicted octanol–water partition coefficient (Wildman–Crippen LogP) is 1.07. The molecule has 0 saturated heterocycles. The van der Waals surface area contributed by atoms with Crippen LogP contribution in [0, 0.1) is 0 Å². The third-order valence-electron chi connectivity index (χ3n) is 1.96. The van der Waals surface area contributed by atoms with Crippen LogP contribution in [0.1, 0.15) is 27.2 Å². The minimum Gasteiger partial charge on any atom is -0.212 e. The van der Waals surface area contributed by atoms with Crippen LogP contribution in [0.5, 0.6) is 0 Å². The Balaban J connectivity index is 4.46. The molecule has 0 fully saturated rings. The van der Waals surface area contributed by atoms with Gasteiger partial charge in [-0.05, 0) is 13.3 Å². The van der Waals surface area contributed by atoms with Crippen molar-refractivity contribution in [1.29, 1.82) is 0 Å². The monoisotopic (exact) mass is 179 g/mol. The zero-order valence-electron chi connectivity index (χ0n) is 7.66. The Morgan fingerprint density at radius 2 is 1.82 bits per heavy atom. The van der Waals surface area contributed by atoms with E-state index in [0.717, 1.165) is 0 Å². The van der Waals surface area contributed by atoms with Gasteiger partial charge in [0.1, 0.15) is 0 Å². The first-order chi connectivity index (χ1) is 4.96. The van der Waals surface area contributed by atoms with Crippen LogP contribution in [-0.4, -0.2) is 31.6 Å².